The standard InChI is InChI=1S/C11H17N3O2/c1-11(2)7-13(3)4-5-14(11)10(15)9-6-12-8-16-9/h6,8H,4-5,7H2,1-3H3. The number of hydrogen-bond acceptors (Lipinski definition) is 4. The zero-order valence-electron chi connectivity index (χ0n) is 9.93. The Morgan fingerprint density at radius 1 is 1.50 bits per heavy atom. The molecule has 1 saturated heterocycles. The summed E-state index contributed by atoms with van der Waals surface area (Å²) >= 11 is 0. The van der Waals surface area contributed by atoms with Gasteiger partial charge < -0.3 is 14.2 Å². The molecule has 88 valence electrons. The fourth-order valence-corrected chi connectivity index (χ4v) is 2.23. The number of likely N-dealkylation sites (N-methyl/N-ethyl adjacent to an activating group) is 1. The molecule has 0 bridgehead atoms. The molecule has 16 heavy (non-hydrogen) atoms. The van der Waals surface area contributed by atoms with Crippen molar-refractivity contribution >= 4 is 5.91 Å². The second-order valence-electron chi connectivity index (χ2n) is 4.87. The molecule has 0 unspecified atom stereocenters. The summed E-state index contributed by atoms with van der Waals surface area (Å²) in [6, 6.07) is 0. The maximum atomic E-state index is 12.2. The Kier molecular flexibility index (Phi) is 2.71. The summed E-state index contributed by atoms with van der Waals surface area (Å²) in [7, 11) is 2.07. The summed E-state index contributed by atoms with van der Waals surface area (Å²) < 4.78 is 5.05. The molecular formula is C11H17N3O2. The van der Waals surface area contributed by atoms with E-state index in [1.807, 2.05) is 4.90 Å². The summed E-state index contributed by atoms with van der Waals surface area (Å²) in [6.45, 7) is 6.62. The van der Waals surface area contributed by atoms with Crippen molar-refractivity contribution in [3.63, 3.8) is 0 Å². The van der Waals surface area contributed by atoms with Crippen molar-refractivity contribution in [1.29, 1.82) is 0 Å². The Bertz CT molecular complexity index is 373. The highest BCUT2D eigenvalue weighted by molar-refractivity contribution is 5.91. The van der Waals surface area contributed by atoms with Crippen molar-refractivity contribution in [1.82, 2.24) is 14.8 Å². The zero-order chi connectivity index (χ0) is 11.8. The molecule has 1 amide bonds. The van der Waals surface area contributed by atoms with Gasteiger partial charge >= 0.3 is 0 Å². The molecule has 0 aliphatic carbocycles. The SMILES string of the molecule is CN1CCN(C(=O)c2cnco2)C(C)(C)C1. The van der Waals surface area contributed by atoms with Gasteiger partial charge in [0, 0.05) is 19.6 Å². The van der Waals surface area contributed by atoms with E-state index in [9.17, 15) is 4.79 Å². The van der Waals surface area contributed by atoms with Gasteiger partial charge in [-0.2, -0.15) is 0 Å². The number of aromatic nitrogens is 1. The smallest absolute Gasteiger partial charge is 0.291 e. The monoisotopic (exact) mass is 223 g/mol. The minimum absolute atomic E-state index is 0.0735. The van der Waals surface area contributed by atoms with Crippen molar-refractivity contribution in [3.05, 3.63) is 18.4 Å². The normalized spacial score (nSPS) is 21.1. The van der Waals surface area contributed by atoms with Gasteiger partial charge in [0.1, 0.15) is 0 Å². The minimum Gasteiger partial charge on any atom is -0.438 e. The van der Waals surface area contributed by atoms with Crippen molar-refractivity contribution in [2.24, 2.45) is 0 Å². The third-order valence-electron chi connectivity index (χ3n) is 2.98. The van der Waals surface area contributed by atoms with E-state index in [0.717, 1.165) is 19.6 Å². The number of rotatable bonds is 1. The molecule has 0 aromatic carbocycles. The van der Waals surface area contributed by atoms with Crippen molar-refractivity contribution in [3.8, 4) is 0 Å². The molecule has 0 saturated carbocycles. The van der Waals surface area contributed by atoms with Crippen LogP contribution in [0.3, 0.4) is 0 Å². The average molecular weight is 223 g/mol. The van der Waals surface area contributed by atoms with Crippen LogP contribution in [-0.4, -0.2) is 52.9 Å². The van der Waals surface area contributed by atoms with Gasteiger partial charge in [0.05, 0.1) is 11.7 Å². The summed E-state index contributed by atoms with van der Waals surface area (Å²) in [4.78, 5) is 20.0. The molecule has 1 aromatic rings. The van der Waals surface area contributed by atoms with Crippen molar-refractivity contribution in [2.75, 3.05) is 26.7 Å². The van der Waals surface area contributed by atoms with Crippen molar-refractivity contribution in [2.45, 2.75) is 19.4 Å². The molecule has 5 heteroatoms. The van der Waals surface area contributed by atoms with Gasteiger partial charge in [-0.1, -0.05) is 0 Å². The van der Waals surface area contributed by atoms with Crippen LogP contribution < -0.4 is 0 Å². The first-order valence-corrected chi connectivity index (χ1v) is 5.40. The number of amides is 1. The lowest BCUT2D eigenvalue weighted by Crippen LogP contribution is -2.60. The van der Waals surface area contributed by atoms with Crippen LogP contribution in [0.4, 0.5) is 0 Å². The lowest BCUT2D eigenvalue weighted by Gasteiger charge is -2.45. The van der Waals surface area contributed by atoms with Gasteiger partial charge in [0.25, 0.3) is 5.91 Å². The highest BCUT2D eigenvalue weighted by atomic mass is 16.3. The summed E-state index contributed by atoms with van der Waals surface area (Å²) in [6.07, 6.45) is 2.76. The molecule has 2 rings (SSSR count). The first-order valence-electron chi connectivity index (χ1n) is 5.40. The molecule has 0 radical (unpaired) electrons. The Labute approximate surface area is 95.0 Å². The van der Waals surface area contributed by atoms with Crippen LogP contribution in [0.25, 0.3) is 0 Å². The van der Waals surface area contributed by atoms with Crippen LogP contribution in [0.1, 0.15) is 24.4 Å². The van der Waals surface area contributed by atoms with E-state index in [1.165, 1.54) is 12.6 Å². The minimum atomic E-state index is -0.170. The van der Waals surface area contributed by atoms with Gasteiger partial charge in [-0.25, -0.2) is 4.98 Å². The predicted octanol–water partition coefficient (Wildman–Crippen LogP) is 0.841. The first-order chi connectivity index (χ1) is 7.50. The third kappa shape index (κ3) is 1.95. The highest BCUT2D eigenvalue weighted by Crippen LogP contribution is 2.22. The molecule has 1 fully saturated rings. The van der Waals surface area contributed by atoms with Crippen molar-refractivity contribution < 1.29 is 9.21 Å². The largest absolute Gasteiger partial charge is 0.438 e. The van der Waals surface area contributed by atoms with Crippen LogP contribution in [0, 0.1) is 0 Å². The lowest BCUT2D eigenvalue weighted by atomic mass is 9.99. The lowest BCUT2D eigenvalue weighted by molar-refractivity contribution is 0.0222. The Morgan fingerprint density at radius 2 is 2.25 bits per heavy atom. The zero-order valence-corrected chi connectivity index (χ0v) is 9.93. The van der Waals surface area contributed by atoms with Gasteiger partial charge in [-0.15, -0.1) is 0 Å². The highest BCUT2D eigenvalue weighted by Gasteiger charge is 2.36. The van der Waals surface area contributed by atoms with E-state index in [4.69, 9.17) is 4.42 Å². The number of nitrogens with zero attached hydrogens (tertiary/aromatic N) is 3. The van der Waals surface area contributed by atoms with E-state index in [1.54, 1.807) is 0 Å². The second-order valence-corrected chi connectivity index (χ2v) is 4.87. The molecule has 0 spiro atoms. The number of carbonyl (C=O) groups excluding carboxylic acids is 1. The molecule has 1 aromatic heterocycles. The van der Waals surface area contributed by atoms with Gasteiger partial charge in [-0.05, 0) is 20.9 Å². The third-order valence-corrected chi connectivity index (χ3v) is 2.98. The van der Waals surface area contributed by atoms with E-state index < -0.39 is 0 Å². The maximum absolute atomic E-state index is 12.2. The van der Waals surface area contributed by atoms with E-state index in [0.29, 0.717) is 5.76 Å². The van der Waals surface area contributed by atoms with Crippen LogP contribution >= 0.6 is 0 Å². The number of piperazine rings is 1. The average Bonchev–Trinajstić information content (AvgIpc) is 2.67. The Hall–Kier alpha value is -1.36. The van der Waals surface area contributed by atoms with Gasteiger partial charge in [0.2, 0.25) is 5.76 Å². The molecule has 2 heterocycles. The number of carbonyl (C=O) groups is 1. The van der Waals surface area contributed by atoms with Gasteiger partial charge in [-0.3, -0.25) is 4.79 Å². The maximum Gasteiger partial charge on any atom is 0.291 e. The Balaban J connectivity index is 2.18. The van der Waals surface area contributed by atoms with E-state index in [-0.39, 0.29) is 11.4 Å². The molecule has 5 nitrogen and oxygen atoms in total. The fraction of sp³-hybridized carbons (Fsp3) is 0.636. The van der Waals surface area contributed by atoms with E-state index >= 15 is 0 Å². The van der Waals surface area contributed by atoms with Crippen LogP contribution in [-0.2, 0) is 0 Å². The predicted molar refractivity (Wildman–Crippen MR) is 59.1 cm³/mol. The van der Waals surface area contributed by atoms with Gasteiger partial charge in [0.15, 0.2) is 6.39 Å². The molecular weight excluding hydrogens is 206 g/mol. The fourth-order valence-electron chi connectivity index (χ4n) is 2.23. The summed E-state index contributed by atoms with van der Waals surface area (Å²) in [5, 5.41) is 0. The quantitative estimate of drug-likeness (QED) is 0.708. The number of hydrogen-bond donors (Lipinski definition) is 0. The molecule has 1 aliphatic heterocycles. The van der Waals surface area contributed by atoms with E-state index in [2.05, 4.69) is 30.8 Å². The Morgan fingerprint density at radius 3 is 2.81 bits per heavy atom. The molecule has 1 aliphatic rings. The van der Waals surface area contributed by atoms with Crippen LogP contribution in [0.5, 0.6) is 0 Å². The summed E-state index contributed by atoms with van der Waals surface area (Å²) in [5.41, 5.74) is -0.170. The number of oxazole rings is 1. The van der Waals surface area contributed by atoms with Crippen LogP contribution in [0.15, 0.2) is 17.0 Å². The van der Waals surface area contributed by atoms with Crippen LogP contribution in [0.2, 0.25) is 0 Å². The topological polar surface area (TPSA) is 49.6 Å². The first kappa shape index (κ1) is 11.1. The molecule has 0 atom stereocenters. The molecule has 0 N–H and O–H groups in total. The second kappa shape index (κ2) is 3.90. The summed E-state index contributed by atoms with van der Waals surface area (Å²) in [5.74, 6) is 0.244.